The summed E-state index contributed by atoms with van der Waals surface area (Å²) in [5, 5.41) is 1.61. The molecule has 1 aliphatic carbocycles. The molecule has 0 bridgehead atoms. The van der Waals surface area contributed by atoms with E-state index in [4.69, 9.17) is 4.84 Å². The quantitative estimate of drug-likeness (QED) is 0.743. The molecule has 1 saturated carbocycles. The Balaban J connectivity index is 2.15. The number of rotatable bonds is 1. The van der Waals surface area contributed by atoms with Gasteiger partial charge in [0.15, 0.2) is 0 Å². The summed E-state index contributed by atoms with van der Waals surface area (Å²) in [6.45, 7) is 0. The van der Waals surface area contributed by atoms with E-state index in [1.807, 2.05) is 18.2 Å². The number of hydroxylamine groups is 2. The van der Waals surface area contributed by atoms with Crippen molar-refractivity contribution in [3.8, 4) is 0 Å². The molecule has 1 fully saturated rings. The minimum atomic E-state index is -0.194. The molecule has 17 heavy (non-hydrogen) atoms. The van der Waals surface area contributed by atoms with Gasteiger partial charge in [-0.3, -0.25) is 9.63 Å². The average molecular weight is 231 g/mol. The van der Waals surface area contributed by atoms with Gasteiger partial charge in [-0.1, -0.05) is 37.5 Å². The zero-order chi connectivity index (χ0) is 11.9. The first-order valence-corrected chi connectivity index (χ1v) is 6.28. The molecule has 0 unspecified atom stereocenters. The van der Waals surface area contributed by atoms with Crippen LogP contribution in [0.2, 0.25) is 0 Å². The van der Waals surface area contributed by atoms with Gasteiger partial charge in [-0.05, 0) is 24.5 Å². The van der Waals surface area contributed by atoms with Gasteiger partial charge in [-0.25, -0.2) is 5.06 Å². The number of carbonyl (C=O) groups excluding carboxylic acids is 1. The van der Waals surface area contributed by atoms with Crippen LogP contribution >= 0.6 is 0 Å². The van der Waals surface area contributed by atoms with Gasteiger partial charge in [0.25, 0.3) is 5.91 Å². The van der Waals surface area contributed by atoms with Gasteiger partial charge in [0.05, 0.1) is 12.6 Å². The van der Waals surface area contributed by atoms with Crippen LogP contribution in [0.15, 0.2) is 24.3 Å². The predicted molar refractivity (Wildman–Crippen MR) is 64.4 cm³/mol. The van der Waals surface area contributed by atoms with Gasteiger partial charge >= 0.3 is 0 Å². The Labute approximate surface area is 101 Å². The lowest BCUT2D eigenvalue weighted by molar-refractivity contribution is -0.169. The van der Waals surface area contributed by atoms with Crippen molar-refractivity contribution < 1.29 is 9.63 Å². The van der Waals surface area contributed by atoms with E-state index in [2.05, 4.69) is 6.07 Å². The molecule has 1 aromatic rings. The Bertz CT molecular complexity index is 449. The molecule has 3 heteroatoms. The van der Waals surface area contributed by atoms with Crippen LogP contribution < -0.4 is 0 Å². The van der Waals surface area contributed by atoms with E-state index in [9.17, 15) is 4.79 Å². The van der Waals surface area contributed by atoms with E-state index in [0.717, 1.165) is 24.0 Å². The second-order valence-corrected chi connectivity index (χ2v) is 4.92. The fourth-order valence-electron chi connectivity index (χ4n) is 3.36. The summed E-state index contributed by atoms with van der Waals surface area (Å²) in [6, 6.07) is 7.93. The molecule has 3 rings (SSSR count). The maximum atomic E-state index is 12.3. The maximum absolute atomic E-state index is 12.3. The summed E-state index contributed by atoms with van der Waals surface area (Å²) in [7, 11) is 1.60. The van der Waals surface area contributed by atoms with Crippen LogP contribution in [0.1, 0.15) is 48.0 Å². The normalized spacial score (nSPS) is 21.9. The van der Waals surface area contributed by atoms with Crippen molar-refractivity contribution in [1.29, 1.82) is 0 Å². The molecule has 0 saturated heterocycles. The minimum absolute atomic E-state index is 0.0185. The van der Waals surface area contributed by atoms with Crippen LogP contribution in [-0.2, 0) is 10.4 Å². The summed E-state index contributed by atoms with van der Waals surface area (Å²) in [5.74, 6) is 0.0185. The Morgan fingerprint density at radius 2 is 1.88 bits per heavy atom. The molecular formula is C14H17NO2. The third-order valence-electron chi connectivity index (χ3n) is 4.10. The average Bonchev–Trinajstić information content (AvgIpc) is 2.61. The van der Waals surface area contributed by atoms with Crippen molar-refractivity contribution in [2.24, 2.45) is 0 Å². The minimum Gasteiger partial charge on any atom is -0.273 e. The standard InChI is InChI=1S/C14H17NO2/c1-17-15-13(16)11-7-3-4-8-12(11)14(15)9-5-2-6-10-14/h3-4,7-8H,2,5-6,9-10H2,1H3. The van der Waals surface area contributed by atoms with Crippen LogP contribution in [0.3, 0.4) is 0 Å². The largest absolute Gasteiger partial charge is 0.278 e. The summed E-state index contributed by atoms with van der Waals surface area (Å²) in [6.07, 6.45) is 5.63. The van der Waals surface area contributed by atoms with Gasteiger partial charge in [0, 0.05) is 5.56 Å². The van der Waals surface area contributed by atoms with Crippen molar-refractivity contribution in [3.63, 3.8) is 0 Å². The van der Waals surface area contributed by atoms with Crippen molar-refractivity contribution >= 4 is 5.91 Å². The number of benzene rings is 1. The molecule has 0 radical (unpaired) electrons. The lowest BCUT2D eigenvalue weighted by atomic mass is 9.77. The van der Waals surface area contributed by atoms with Gasteiger partial charge < -0.3 is 0 Å². The first-order chi connectivity index (χ1) is 8.29. The molecule has 1 amide bonds. The van der Waals surface area contributed by atoms with E-state index in [-0.39, 0.29) is 11.4 Å². The molecule has 0 aromatic heterocycles. The Hall–Kier alpha value is -1.35. The summed E-state index contributed by atoms with van der Waals surface area (Å²) in [4.78, 5) is 17.7. The first-order valence-electron chi connectivity index (χ1n) is 6.28. The van der Waals surface area contributed by atoms with Gasteiger partial charge in [0.2, 0.25) is 0 Å². The van der Waals surface area contributed by atoms with Gasteiger partial charge in [-0.2, -0.15) is 0 Å². The van der Waals surface area contributed by atoms with E-state index < -0.39 is 0 Å². The number of carbonyl (C=O) groups is 1. The second-order valence-electron chi connectivity index (χ2n) is 4.92. The van der Waals surface area contributed by atoms with Crippen LogP contribution in [0.25, 0.3) is 0 Å². The van der Waals surface area contributed by atoms with Gasteiger partial charge in [-0.15, -0.1) is 0 Å². The molecule has 90 valence electrons. The van der Waals surface area contributed by atoms with Crippen molar-refractivity contribution in [3.05, 3.63) is 35.4 Å². The fraction of sp³-hybridized carbons (Fsp3) is 0.500. The highest BCUT2D eigenvalue weighted by Crippen LogP contribution is 2.48. The molecule has 2 aliphatic rings. The fourth-order valence-corrected chi connectivity index (χ4v) is 3.36. The number of hydrogen-bond donors (Lipinski definition) is 0. The molecule has 1 spiro atoms. The Kier molecular flexibility index (Phi) is 2.44. The SMILES string of the molecule is CON1C(=O)c2ccccc2C12CCCCC2. The molecule has 0 N–H and O–H groups in total. The molecule has 3 nitrogen and oxygen atoms in total. The lowest BCUT2D eigenvalue weighted by Gasteiger charge is -2.40. The maximum Gasteiger partial charge on any atom is 0.278 e. The monoisotopic (exact) mass is 231 g/mol. The first kappa shape index (κ1) is 10.8. The van der Waals surface area contributed by atoms with E-state index >= 15 is 0 Å². The Morgan fingerprint density at radius 1 is 1.18 bits per heavy atom. The molecule has 1 heterocycles. The van der Waals surface area contributed by atoms with Crippen LogP contribution in [0.4, 0.5) is 0 Å². The highest BCUT2D eigenvalue weighted by atomic mass is 16.7. The topological polar surface area (TPSA) is 29.5 Å². The number of nitrogens with zero attached hydrogens (tertiary/aromatic N) is 1. The third kappa shape index (κ3) is 1.35. The summed E-state index contributed by atoms with van der Waals surface area (Å²) in [5.41, 5.74) is 1.78. The highest BCUT2D eigenvalue weighted by Gasteiger charge is 2.50. The zero-order valence-electron chi connectivity index (χ0n) is 10.1. The molecular weight excluding hydrogens is 214 g/mol. The summed E-state index contributed by atoms with van der Waals surface area (Å²) < 4.78 is 0. The highest BCUT2D eigenvalue weighted by molar-refractivity contribution is 5.99. The molecule has 1 aliphatic heterocycles. The number of amides is 1. The smallest absolute Gasteiger partial charge is 0.273 e. The third-order valence-corrected chi connectivity index (χ3v) is 4.10. The van der Waals surface area contributed by atoms with E-state index in [1.54, 1.807) is 12.2 Å². The van der Waals surface area contributed by atoms with Crippen molar-refractivity contribution in [2.45, 2.75) is 37.6 Å². The number of fused-ring (bicyclic) bond motifs is 2. The second kappa shape index (κ2) is 3.84. The number of hydrogen-bond acceptors (Lipinski definition) is 2. The predicted octanol–water partition coefficient (Wildman–Crippen LogP) is 2.86. The zero-order valence-corrected chi connectivity index (χ0v) is 10.1. The van der Waals surface area contributed by atoms with Crippen LogP contribution in [-0.4, -0.2) is 18.1 Å². The van der Waals surface area contributed by atoms with Gasteiger partial charge in [0.1, 0.15) is 0 Å². The van der Waals surface area contributed by atoms with E-state index in [1.165, 1.54) is 19.3 Å². The van der Waals surface area contributed by atoms with Crippen molar-refractivity contribution in [2.75, 3.05) is 7.11 Å². The lowest BCUT2D eigenvalue weighted by Crippen LogP contribution is -2.44. The van der Waals surface area contributed by atoms with Crippen LogP contribution in [0.5, 0.6) is 0 Å². The molecule has 0 atom stereocenters. The summed E-state index contributed by atoms with van der Waals surface area (Å²) >= 11 is 0. The Morgan fingerprint density at radius 3 is 2.59 bits per heavy atom. The van der Waals surface area contributed by atoms with Crippen LogP contribution in [0, 0.1) is 0 Å². The van der Waals surface area contributed by atoms with E-state index in [0.29, 0.717) is 0 Å². The van der Waals surface area contributed by atoms with Crippen molar-refractivity contribution in [1.82, 2.24) is 5.06 Å². The molecule has 1 aromatic carbocycles.